The van der Waals surface area contributed by atoms with Gasteiger partial charge in [-0.3, -0.25) is 18.7 Å². The number of fused-ring (bicyclic) bond motifs is 1. The third kappa shape index (κ3) is 2.99. The first-order valence-corrected chi connectivity index (χ1v) is 7.97. The highest BCUT2D eigenvalue weighted by Gasteiger charge is 2.16. The molecule has 0 aliphatic carbocycles. The first-order valence-electron chi connectivity index (χ1n) is 7.97. The van der Waals surface area contributed by atoms with Crippen LogP contribution in [0.1, 0.15) is 0 Å². The van der Waals surface area contributed by atoms with Crippen LogP contribution in [-0.4, -0.2) is 38.7 Å². The molecule has 1 amide bonds. The molecule has 0 unspecified atom stereocenters. The molecular weight excluding hydrogens is 336 g/mol. The second-order valence-electron chi connectivity index (χ2n) is 6.24. The van der Waals surface area contributed by atoms with Crippen molar-refractivity contribution in [2.75, 3.05) is 24.3 Å². The Kier molecular flexibility index (Phi) is 4.37. The van der Waals surface area contributed by atoms with Crippen LogP contribution in [0.3, 0.4) is 0 Å². The fourth-order valence-corrected chi connectivity index (χ4v) is 2.73. The number of rotatable bonds is 4. The van der Waals surface area contributed by atoms with Crippen molar-refractivity contribution in [1.82, 2.24) is 18.7 Å². The van der Waals surface area contributed by atoms with Crippen molar-refractivity contribution in [2.24, 2.45) is 14.1 Å². The standard InChI is InChI=1S/C17H20N6O3/c1-20(2)12-7-5-6-11(8-12)19-13(24)9-23-10-18-15-14(23)16(25)22(4)17(26)21(15)3/h5-8,10H,9H2,1-4H3,(H,19,24). The summed E-state index contributed by atoms with van der Waals surface area (Å²) in [7, 11) is 6.76. The van der Waals surface area contributed by atoms with Gasteiger partial charge < -0.3 is 14.8 Å². The van der Waals surface area contributed by atoms with E-state index in [9.17, 15) is 14.4 Å². The molecule has 1 aromatic carbocycles. The Labute approximate surface area is 149 Å². The number of nitrogens with zero attached hydrogens (tertiary/aromatic N) is 5. The van der Waals surface area contributed by atoms with E-state index in [0.29, 0.717) is 5.69 Å². The lowest BCUT2D eigenvalue weighted by atomic mass is 10.2. The van der Waals surface area contributed by atoms with Crippen LogP contribution in [0.15, 0.2) is 40.2 Å². The van der Waals surface area contributed by atoms with Gasteiger partial charge in [-0.1, -0.05) is 6.07 Å². The summed E-state index contributed by atoms with van der Waals surface area (Å²) in [6, 6.07) is 7.43. The van der Waals surface area contributed by atoms with Crippen LogP contribution in [0.25, 0.3) is 11.2 Å². The summed E-state index contributed by atoms with van der Waals surface area (Å²) < 4.78 is 3.73. The Morgan fingerprint density at radius 3 is 2.62 bits per heavy atom. The van der Waals surface area contributed by atoms with E-state index in [2.05, 4.69) is 10.3 Å². The number of carbonyl (C=O) groups excluding carboxylic acids is 1. The van der Waals surface area contributed by atoms with Crippen LogP contribution in [-0.2, 0) is 25.4 Å². The van der Waals surface area contributed by atoms with E-state index in [4.69, 9.17) is 0 Å². The van der Waals surface area contributed by atoms with Gasteiger partial charge in [0.05, 0.1) is 6.33 Å². The van der Waals surface area contributed by atoms with Crippen molar-refractivity contribution < 1.29 is 4.79 Å². The maximum absolute atomic E-state index is 12.4. The lowest BCUT2D eigenvalue weighted by Crippen LogP contribution is -2.37. The smallest absolute Gasteiger partial charge is 0.332 e. The van der Waals surface area contributed by atoms with Crippen molar-refractivity contribution in [3.63, 3.8) is 0 Å². The van der Waals surface area contributed by atoms with E-state index in [1.165, 1.54) is 29.6 Å². The molecule has 3 rings (SSSR count). The van der Waals surface area contributed by atoms with Gasteiger partial charge in [0.2, 0.25) is 5.91 Å². The number of aryl methyl sites for hydroxylation is 1. The fourth-order valence-electron chi connectivity index (χ4n) is 2.73. The maximum atomic E-state index is 12.4. The number of carbonyl (C=O) groups is 1. The molecule has 9 nitrogen and oxygen atoms in total. The Balaban J connectivity index is 1.90. The zero-order valence-electron chi connectivity index (χ0n) is 15.1. The summed E-state index contributed by atoms with van der Waals surface area (Å²) in [5.41, 5.74) is 1.14. The largest absolute Gasteiger partial charge is 0.378 e. The highest BCUT2D eigenvalue weighted by Crippen LogP contribution is 2.17. The van der Waals surface area contributed by atoms with E-state index < -0.39 is 11.2 Å². The molecule has 2 heterocycles. The Morgan fingerprint density at radius 2 is 1.92 bits per heavy atom. The van der Waals surface area contributed by atoms with E-state index >= 15 is 0 Å². The molecule has 9 heteroatoms. The van der Waals surface area contributed by atoms with Gasteiger partial charge in [-0.25, -0.2) is 9.78 Å². The summed E-state index contributed by atoms with van der Waals surface area (Å²) in [5, 5.41) is 2.81. The SMILES string of the molecule is CN(C)c1cccc(NC(=O)Cn2cnc3c2c(=O)n(C)c(=O)n3C)c1. The normalized spacial score (nSPS) is 10.9. The zero-order valence-corrected chi connectivity index (χ0v) is 15.1. The lowest BCUT2D eigenvalue weighted by Gasteiger charge is -2.14. The molecule has 0 fully saturated rings. The molecular formula is C17H20N6O3. The van der Waals surface area contributed by atoms with E-state index in [1.54, 1.807) is 6.07 Å². The number of amides is 1. The van der Waals surface area contributed by atoms with E-state index in [-0.39, 0.29) is 23.6 Å². The average Bonchev–Trinajstić information content (AvgIpc) is 3.01. The first-order chi connectivity index (χ1) is 12.3. The molecule has 0 atom stereocenters. The average molecular weight is 356 g/mol. The summed E-state index contributed by atoms with van der Waals surface area (Å²) in [6.07, 6.45) is 1.39. The summed E-state index contributed by atoms with van der Waals surface area (Å²) in [6.45, 7) is -0.0872. The number of aromatic nitrogens is 4. The van der Waals surface area contributed by atoms with Gasteiger partial charge in [0, 0.05) is 39.6 Å². The lowest BCUT2D eigenvalue weighted by molar-refractivity contribution is -0.116. The molecule has 0 aliphatic rings. The van der Waals surface area contributed by atoms with Gasteiger partial charge in [-0.15, -0.1) is 0 Å². The van der Waals surface area contributed by atoms with Gasteiger partial charge in [0.25, 0.3) is 5.56 Å². The van der Waals surface area contributed by atoms with Crippen LogP contribution in [0.4, 0.5) is 11.4 Å². The van der Waals surface area contributed by atoms with Gasteiger partial charge >= 0.3 is 5.69 Å². The molecule has 136 valence electrons. The Hall–Kier alpha value is -3.36. The highest BCUT2D eigenvalue weighted by molar-refractivity contribution is 5.91. The third-order valence-corrected chi connectivity index (χ3v) is 4.18. The minimum absolute atomic E-state index is 0.0872. The Morgan fingerprint density at radius 1 is 1.19 bits per heavy atom. The molecule has 26 heavy (non-hydrogen) atoms. The number of nitrogens with one attached hydrogen (secondary N) is 1. The molecule has 0 spiro atoms. The minimum atomic E-state index is -0.483. The number of hydrogen-bond donors (Lipinski definition) is 1. The van der Waals surface area contributed by atoms with E-state index in [0.717, 1.165) is 10.3 Å². The van der Waals surface area contributed by atoms with Gasteiger partial charge in [-0.05, 0) is 18.2 Å². The second kappa shape index (κ2) is 6.51. The predicted octanol–water partition coefficient (Wildman–Crippen LogP) is 0.138. The second-order valence-corrected chi connectivity index (χ2v) is 6.24. The van der Waals surface area contributed by atoms with Gasteiger partial charge in [0.1, 0.15) is 6.54 Å². The number of imidazole rings is 1. The number of anilines is 2. The molecule has 0 aliphatic heterocycles. The monoisotopic (exact) mass is 356 g/mol. The molecule has 0 bridgehead atoms. The quantitative estimate of drug-likeness (QED) is 0.718. The number of hydrogen-bond acceptors (Lipinski definition) is 5. The highest BCUT2D eigenvalue weighted by atomic mass is 16.2. The van der Waals surface area contributed by atoms with Crippen molar-refractivity contribution >= 4 is 28.4 Å². The summed E-state index contributed by atoms with van der Waals surface area (Å²) in [4.78, 5) is 42.8. The number of benzene rings is 1. The molecule has 3 aromatic rings. The minimum Gasteiger partial charge on any atom is -0.378 e. The summed E-state index contributed by atoms with van der Waals surface area (Å²) in [5.74, 6) is -0.295. The molecule has 1 N–H and O–H groups in total. The first kappa shape index (κ1) is 17.5. The van der Waals surface area contributed by atoms with Crippen molar-refractivity contribution in [2.45, 2.75) is 6.54 Å². The van der Waals surface area contributed by atoms with E-state index in [1.807, 2.05) is 37.2 Å². The van der Waals surface area contributed by atoms with Gasteiger partial charge in [0.15, 0.2) is 11.2 Å². The van der Waals surface area contributed by atoms with Crippen molar-refractivity contribution in [3.8, 4) is 0 Å². The van der Waals surface area contributed by atoms with Crippen LogP contribution in [0.5, 0.6) is 0 Å². The molecule has 0 saturated carbocycles. The van der Waals surface area contributed by atoms with Crippen LogP contribution in [0.2, 0.25) is 0 Å². The maximum Gasteiger partial charge on any atom is 0.332 e. The van der Waals surface area contributed by atoms with Crippen molar-refractivity contribution in [1.29, 1.82) is 0 Å². The molecule has 2 aromatic heterocycles. The predicted molar refractivity (Wildman–Crippen MR) is 99.6 cm³/mol. The third-order valence-electron chi connectivity index (χ3n) is 4.18. The molecule has 0 saturated heterocycles. The Bertz CT molecular complexity index is 1110. The van der Waals surface area contributed by atoms with Gasteiger partial charge in [-0.2, -0.15) is 0 Å². The zero-order chi connectivity index (χ0) is 19.0. The van der Waals surface area contributed by atoms with Crippen molar-refractivity contribution in [3.05, 3.63) is 51.4 Å². The van der Waals surface area contributed by atoms with Crippen LogP contribution < -0.4 is 21.5 Å². The topological polar surface area (TPSA) is 94.2 Å². The van der Waals surface area contributed by atoms with Crippen LogP contribution in [0, 0.1) is 0 Å². The van der Waals surface area contributed by atoms with Crippen LogP contribution >= 0.6 is 0 Å². The molecule has 0 radical (unpaired) electrons. The fraction of sp³-hybridized carbons (Fsp3) is 0.294. The summed E-state index contributed by atoms with van der Waals surface area (Å²) >= 11 is 0.